The number of carboxylic acid groups (broad SMARTS) is 1. The zero-order chi connectivity index (χ0) is 13.1. The SMILES string of the molecule is CC(C)OCCn1cnc2cccc(C(=O)O)c21. The van der Waals surface area contributed by atoms with Crippen molar-refractivity contribution in [3.8, 4) is 0 Å². The van der Waals surface area contributed by atoms with Gasteiger partial charge in [0.15, 0.2) is 0 Å². The van der Waals surface area contributed by atoms with E-state index in [1.54, 1.807) is 18.5 Å². The van der Waals surface area contributed by atoms with E-state index in [-0.39, 0.29) is 11.7 Å². The van der Waals surface area contributed by atoms with Crippen LogP contribution in [0.5, 0.6) is 0 Å². The number of imidazole rings is 1. The third kappa shape index (κ3) is 2.51. The molecule has 0 spiro atoms. The summed E-state index contributed by atoms with van der Waals surface area (Å²) in [6.45, 7) is 5.07. The molecule has 96 valence electrons. The van der Waals surface area contributed by atoms with Crippen LogP contribution >= 0.6 is 0 Å². The van der Waals surface area contributed by atoms with Gasteiger partial charge in [0.1, 0.15) is 0 Å². The van der Waals surface area contributed by atoms with Crippen LogP contribution in [0.1, 0.15) is 24.2 Å². The van der Waals surface area contributed by atoms with Crippen LogP contribution < -0.4 is 0 Å². The first kappa shape index (κ1) is 12.6. The number of aromatic carboxylic acids is 1. The van der Waals surface area contributed by atoms with E-state index in [2.05, 4.69) is 4.98 Å². The topological polar surface area (TPSA) is 64.4 Å². The average molecular weight is 248 g/mol. The van der Waals surface area contributed by atoms with Crippen molar-refractivity contribution in [2.75, 3.05) is 6.61 Å². The molecule has 5 nitrogen and oxygen atoms in total. The minimum absolute atomic E-state index is 0.165. The molecule has 0 radical (unpaired) electrons. The first-order valence-electron chi connectivity index (χ1n) is 5.88. The van der Waals surface area contributed by atoms with E-state index in [9.17, 15) is 4.79 Å². The highest BCUT2D eigenvalue weighted by Crippen LogP contribution is 2.18. The van der Waals surface area contributed by atoms with Crippen LogP contribution in [0.15, 0.2) is 24.5 Å². The van der Waals surface area contributed by atoms with Gasteiger partial charge in [0.2, 0.25) is 0 Å². The molecule has 1 aromatic heterocycles. The Kier molecular flexibility index (Phi) is 3.62. The Morgan fingerprint density at radius 2 is 2.28 bits per heavy atom. The Bertz CT molecular complexity index is 560. The molecule has 2 aromatic rings. The number of para-hydroxylation sites is 1. The summed E-state index contributed by atoms with van der Waals surface area (Å²) in [6, 6.07) is 5.10. The number of hydrogen-bond donors (Lipinski definition) is 1. The van der Waals surface area contributed by atoms with E-state index in [0.29, 0.717) is 24.2 Å². The molecule has 2 rings (SSSR count). The predicted octanol–water partition coefficient (Wildman–Crippen LogP) is 2.16. The molecule has 0 aliphatic heterocycles. The summed E-state index contributed by atoms with van der Waals surface area (Å²) < 4.78 is 7.29. The van der Waals surface area contributed by atoms with Gasteiger partial charge in [-0.15, -0.1) is 0 Å². The molecule has 0 aliphatic carbocycles. The van der Waals surface area contributed by atoms with Crippen molar-refractivity contribution in [1.29, 1.82) is 0 Å². The first-order chi connectivity index (χ1) is 8.59. The molecule has 0 unspecified atom stereocenters. The lowest BCUT2D eigenvalue weighted by Crippen LogP contribution is -2.11. The van der Waals surface area contributed by atoms with Gasteiger partial charge < -0.3 is 14.4 Å². The molecule has 18 heavy (non-hydrogen) atoms. The smallest absolute Gasteiger partial charge is 0.337 e. The van der Waals surface area contributed by atoms with Crippen molar-refractivity contribution < 1.29 is 14.6 Å². The summed E-state index contributed by atoms with van der Waals surface area (Å²) >= 11 is 0. The molecule has 0 aliphatic rings. The summed E-state index contributed by atoms with van der Waals surface area (Å²) in [5.41, 5.74) is 1.62. The minimum atomic E-state index is -0.938. The van der Waals surface area contributed by atoms with Gasteiger partial charge in [-0.1, -0.05) is 6.07 Å². The number of fused-ring (bicyclic) bond motifs is 1. The van der Waals surface area contributed by atoms with Crippen molar-refractivity contribution >= 4 is 17.0 Å². The van der Waals surface area contributed by atoms with Crippen LogP contribution in [0.2, 0.25) is 0 Å². The number of rotatable bonds is 5. The second-order valence-corrected chi connectivity index (χ2v) is 4.34. The number of benzene rings is 1. The summed E-state index contributed by atoms with van der Waals surface area (Å²) in [4.78, 5) is 15.4. The van der Waals surface area contributed by atoms with Gasteiger partial charge in [0, 0.05) is 6.54 Å². The van der Waals surface area contributed by atoms with Gasteiger partial charge >= 0.3 is 5.97 Å². The van der Waals surface area contributed by atoms with Crippen molar-refractivity contribution in [1.82, 2.24) is 9.55 Å². The lowest BCUT2D eigenvalue weighted by atomic mass is 10.2. The van der Waals surface area contributed by atoms with Crippen LogP contribution in [0.25, 0.3) is 11.0 Å². The third-order valence-electron chi connectivity index (χ3n) is 2.65. The number of aromatic nitrogens is 2. The zero-order valence-electron chi connectivity index (χ0n) is 10.5. The third-order valence-corrected chi connectivity index (χ3v) is 2.65. The minimum Gasteiger partial charge on any atom is -0.478 e. The molecule has 1 aromatic carbocycles. The number of ether oxygens (including phenoxy) is 1. The second-order valence-electron chi connectivity index (χ2n) is 4.34. The van der Waals surface area contributed by atoms with Crippen molar-refractivity contribution in [2.45, 2.75) is 26.5 Å². The van der Waals surface area contributed by atoms with Crippen LogP contribution in [0, 0.1) is 0 Å². The maximum atomic E-state index is 11.2. The molecule has 1 N–H and O–H groups in total. The van der Waals surface area contributed by atoms with Gasteiger partial charge in [-0.05, 0) is 26.0 Å². The second kappa shape index (κ2) is 5.18. The Hall–Kier alpha value is -1.88. The van der Waals surface area contributed by atoms with E-state index in [0.717, 1.165) is 0 Å². The number of carboxylic acids is 1. The highest BCUT2D eigenvalue weighted by atomic mass is 16.5. The highest BCUT2D eigenvalue weighted by molar-refractivity contribution is 6.01. The average Bonchev–Trinajstić information content (AvgIpc) is 2.72. The monoisotopic (exact) mass is 248 g/mol. The lowest BCUT2D eigenvalue weighted by Gasteiger charge is -2.09. The van der Waals surface area contributed by atoms with Crippen LogP contribution in [0.3, 0.4) is 0 Å². The first-order valence-corrected chi connectivity index (χ1v) is 5.88. The number of carbonyl (C=O) groups is 1. The largest absolute Gasteiger partial charge is 0.478 e. The molecule has 0 amide bonds. The summed E-state index contributed by atoms with van der Waals surface area (Å²) in [7, 11) is 0. The molecule has 1 heterocycles. The maximum Gasteiger partial charge on any atom is 0.337 e. The number of hydrogen-bond acceptors (Lipinski definition) is 3. The molecule has 0 atom stereocenters. The quantitative estimate of drug-likeness (QED) is 0.880. The van der Waals surface area contributed by atoms with E-state index in [4.69, 9.17) is 9.84 Å². The molecule has 0 fully saturated rings. The Morgan fingerprint density at radius 3 is 2.94 bits per heavy atom. The highest BCUT2D eigenvalue weighted by Gasteiger charge is 2.12. The van der Waals surface area contributed by atoms with Crippen LogP contribution in [0.4, 0.5) is 0 Å². The maximum absolute atomic E-state index is 11.2. The van der Waals surface area contributed by atoms with Crippen molar-refractivity contribution in [2.24, 2.45) is 0 Å². The molecule has 5 heteroatoms. The van der Waals surface area contributed by atoms with E-state index >= 15 is 0 Å². The summed E-state index contributed by atoms with van der Waals surface area (Å²) in [5.74, 6) is -0.938. The fraction of sp³-hybridized carbons (Fsp3) is 0.385. The molecule has 0 saturated heterocycles. The van der Waals surface area contributed by atoms with E-state index in [1.165, 1.54) is 0 Å². The predicted molar refractivity (Wildman–Crippen MR) is 67.8 cm³/mol. The molecule has 0 saturated carbocycles. The van der Waals surface area contributed by atoms with Crippen LogP contribution in [-0.2, 0) is 11.3 Å². The zero-order valence-corrected chi connectivity index (χ0v) is 10.5. The number of nitrogens with zero attached hydrogens (tertiary/aromatic N) is 2. The summed E-state index contributed by atoms with van der Waals surface area (Å²) in [5, 5.41) is 9.17. The van der Waals surface area contributed by atoms with Gasteiger partial charge in [0.25, 0.3) is 0 Å². The molecular weight excluding hydrogens is 232 g/mol. The summed E-state index contributed by atoms with van der Waals surface area (Å²) in [6.07, 6.45) is 1.82. The fourth-order valence-electron chi connectivity index (χ4n) is 1.86. The Balaban J connectivity index is 2.30. The van der Waals surface area contributed by atoms with Gasteiger partial charge in [-0.3, -0.25) is 0 Å². The van der Waals surface area contributed by atoms with Crippen molar-refractivity contribution in [3.63, 3.8) is 0 Å². The molecular formula is C13H16N2O3. The lowest BCUT2D eigenvalue weighted by molar-refractivity contribution is 0.0692. The van der Waals surface area contributed by atoms with Crippen LogP contribution in [-0.4, -0.2) is 33.3 Å². The standard InChI is InChI=1S/C13H16N2O3/c1-9(2)18-7-6-15-8-14-11-5-3-4-10(12(11)15)13(16)17/h3-5,8-9H,6-7H2,1-2H3,(H,16,17). The molecule has 0 bridgehead atoms. The van der Waals surface area contributed by atoms with Gasteiger partial charge in [-0.25, -0.2) is 9.78 Å². The Labute approximate surface area is 105 Å². The van der Waals surface area contributed by atoms with E-state index < -0.39 is 5.97 Å². The van der Waals surface area contributed by atoms with Gasteiger partial charge in [-0.2, -0.15) is 0 Å². The Morgan fingerprint density at radius 1 is 1.50 bits per heavy atom. The van der Waals surface area contributed by atoms with E-state index in [1.807, 2.05) is 24.5 Å². The van der Waals surface area contributed by atoms with Gasteiger partial charge in [0.05, 0.1) is 35.6 Å². The fourth-order valence-corrected chi connectivity index (χ4v) is 1.86. The normalized spacial score (nSPS) is 11.3. The van der Waals surface area contributed by atoms with Crippen molar-refractivity contribution in [3.05, 3.63) is 30.1 Å².